The predicted octanol–water partition coefficient (Wildman–Crippen LogP) is 2.96. The first-order valence-corrected chi connectivity index (χ1v) is 4.37. The van der Waals surface area contributed by atoms with Crippen molar-refractivity contribution in [2.75, 3.05) is 6.61 Å². The number of Topliss-reactive ketones (excluding diaryl/α,β-unsaturated/α-hetero) is 1. The van der Waals surface area contributed by atoms with Gasteiger partial charge in [0, 0.05) is 0 Å². The highest BCUT2D eigenvalue weighted by molar-refractivity contribution is 5.83. The van der Waals surface area contributed by atoms with Gasteiger partial charge in [-0.05, 0) is 20.8 Å². The van der Waals surface area contributed by atoms with Gasteiger partial charge in [0.1, 0.15) is 12.2 Å². The molecule has 0 aliphatic rings. The van der Waals surface area contributed by atoms with E-state index >= 15 is 0 Å². The third-order valence-corrected chi connectivity index (χ3v) is 1.44. The van der Waals surface area contributed by atoms with E-state index in [1.807, 2.05) is 13.8 Å². The van der Waals surface area contributed by atoms with Gasteiger partial charge in [0.25, 0.3) is 0 Å². The third-order valence-electron chi connectivity index (χ3n) is 1.44. The average Bonchev–Trinajstić information content (AvgIpc) is 2.03. The van der Waals surface area contributed by atoms with Crippen molar-refractivity contribution < 1.29 is 22.7 Å². The Bertz CT molecular complexity index is 173. The van der Waals surface area contributed by atoms with Crippen LogP contribution in [0.1, 0.15) is 34.6 Å². The van der Waals surface area contributed by atoms with Gasteiger partial charge in [-0.3, -0.25) is 4.79 Å². The van der Waals surface area contributed by atoms with Gasteiger partial charge in [0.2, 0.25) is 0 Å². The van der Waals surface area contributed by atoms with Crippen LogP contribution in [0.3, 0.4) is 0 Å². The van der Waals surface area contributed by atoms with Crippen LogP contribution in [0.25, 0.3) is 0 Å². The second-order valence-corrected chi connectivity index (χ2v) is 2.97. The molecule has 0 rings (SSSR count). The standard InChI is InChI=1S/C7H11F3O2.C2H6/c1-5(11)6(2,3)12-4-7(8,9)10;1-2/h4H2,1-3H3;1-2H3. The van der Waals surface area contributed by atoms with Crippen molar-refractivity contribution in [3.05, 3.63) is 0 Å². The fraction of sp³-hybridized carbons (Fsp3) is 0.889. The molecule has 0 aromatic heterocycles. The molecule has 5 heteroatoms. The van der Waals surface area contributed by atoms with Crippen molar-refractivity contribution in [2.45, 2.75) is 46.4 Å². The zero-order valence-electron chi connectivity index (χ0n) is 9.16. The van der Waals surface area contributed by atoms with Gasteiger partial charge in [-0.15, -0.1) is 0 Å². The van der Waals surface area contributed by atoms with E-state index in [4.69, 9.17) is 0 Å². The lowest BCUT2D eigenvalue weighted by molar-refractivity contribution is -0.199. The van der Waals surface area contributed by atoms with Gasteiger partial charge >= 0.3 is 6.18 Å². The highest BCUT2D eigenvalue weighted by atomic mass is 19.4. The molecule has 0 saturated heterocycles. The molecule has 0 radical (unpaired) electrons. The lowest BCUT2D eigenvalue weighted by atomic mass is 10.1. The van der Waals surface area contributed by atoms with Crippen LogP contribution < -0.4 is 0 Å². The summed E-state index contributed by atoms with van der Waals surface area (Å²) in [7, 11) is 0. The first-order valence-electron chi connectivity index (χ1n) is 4.37. The Morgan fingerprint density at radius 3 is 1.79 bits per heavy atom. The minimum atomic E-state index is -4.38. The summed E-state index contributed by atoms with van der Waals surface area (Å²) in [6, 6.07) is 0. The molecule has 0 aromatic carbocycles. The summed E-state index contributed by atoms with van der Waals surface area (Å²) in [6.45, 7) is 6.41. The zero-order chi connectivity index (χ0) is 12.0. The van der Waals surface area contributed by atoms with Crippen molar-refractivity contribution in [2.24, 2.45) is 0 Å². The number of carbonyl (C=O) groups excluding carboxylic acids is 1. The molecule has 0 aromatic rings. The molecule has 0 atom stereocenters. The van der Waals surface area contributed by atoms with E-state index < -0.39 is 24.2 Å². The van der Waals surface area contributed by atoms with E-state index in [2.05, 4.69) is 4.74 Å². The largest absolute Gasteiger partial charge is 0.411 e. The SMILES string of the molecule is CC.CC(=O)C(C)(C)OCC(F)(F)F. The van der Waals surface area contributed by atoms with Crippen molar-refractivity contribution in [3.8, 4) is 0 Å². The summed E-state index contributed by atoms with van der Waals surface area (Å²) >= 11 is 0. The van der Waals surface area contributed by atoms with E-state index in [0.29, 0.717) is 0 Å². The second-order valence-electron chi connectivity index (χ2n) is 2.97. The van der Waals surface area contributed by atoms with Gasteiger partial charge < -0.3 is 4.74 Å². The van der Waals surface area contributed by atoms with Gasteiger partial charge in [-0.2, -0.15) is 13.2 Å². The molecule has 0 fully saturated rings. The lowest BCUT2D eigenvalue weighted by Crippen LogP contribution is -2.36. The van der Waals surface area contributed by atoms with E-state index in [1.54, 1.807) is 0 Å². The Kier molecular flexibility index (Phi) is 6.81. The minimum absolute atomic E-state index is 0.424. The molecule has 0 saturated carbocycles. The van der Waals surface area contributed by atoms with Gasteiger partial charge in [0.05, 0.1) is 0 Å². The van der Waals surface area contributed by atoms with Gasteiger partial charge in [0.15, 0.2) is 5.78 Å². The Morgan fingerprint density at radius 2 is 1.57 bits per heavy atom. The van der Waals surface area contributed by atoms with Crippen LogP contribution in [0.5, 0.6) is 0 Å². The molecule has 0 aliphatic carbocycles. The van der Waals surface area contributed by atoms with Crippen LogP contribution in [-0.4, -0.2) is 24.2 Å². The molecule has 0 spiro atoms. The molecule has 0 amide bonds. The summed E-state index contributed by atoms with van der Waals surface area (Å²) in [5.74, 6) is -0.424. The molecule has 2 nitrogen and oxygen atoms in total. The lowest BCUT2D eigenvalue weighted by Gasteiger charge is -2.22. The van der Waals surface area contributed by atoms with E-state index in [-0.39, 0.29) is 0 Å². The first kappa shape index (κ1) is 15.9. The number of ether oxygens (including phenoxy) is 1. The molecule has 0 aliphatic heterocycles. The van der Waals surface area contributed by atoms with Crippen molar-refractivity contribution in [1.29, 1.82) is 0 Å². The number of hydrogen-bond acceptors (Lipinski definition) is 2. The number of hydrogen-bond donors (Lipinski definition) is 0. The summed E-state index contributed by atoms with van der Waals surface area (Å²) in [4.78, 5) is 10.7. The highest BCUT2D eigenvalue weighted by Crippen LogP contribution is 2.19. The number of ketones is 1. The molecule has 0 bridgehead atoms. The smallest absolute Gasteiger partial charge is 0.358 e. The quantitative estimate of drug-likeness (QED) is 0.722. The van der Waals surface area contributed by atoms with Crippen molar-refractivity contribution in [3.63, 3.8) is 0 Å². The summed E-state index contributed by atoms with van der Waals surface area (Å²) in [5, 5.41) is 0. The van der Waals surface area contributed by atoms with Crippen LogP contribution in [-0.2, 0) is 9.53 Å². The number of halogens is 3. The Balaban J connectivity index is 0. The minimum Gasteiger partial charge on any atom is -0.358 e. The van der Waals surface area contributed by atoms with Crippen molar-refractivity contribution in [1.82, 2.24) is 0 Å². The monoisotopic (exact) mass is 214 g/mol. The van der Waals surface area contributed by atoms with Crippen LogP contribution >= 0.6 is 0 Å². The normalized spacial score (nSPS) is 11.7. The molecular formula is C9H17F3O2. The van der Waals surface area contributed by atoms with E-state index in [0.717, 1.165) is 0 Å². The van der Waals surface area contributed by atoms with Crippen LogP contribution in [0, 0.1) is 0 Å². The van der Waals surface area contributed by atoms with Crippen molar-refractivity contribution >= 4 is 5.78 Å². The number of carbonyl (C=O) groups is 1. The Morgan fingerprint density at radius 1 is 1.21 bits per heavy atom. The summed E-state index contributed by atoms with van der Waals surface area (Å²) < 4.78 is 39.2. The molecule has 0 unspecified atom stereocenters. The molecule has 14 heavy (non-hydrogen) atoms. The Hall–Kier alpha value is -0.580. The topological polar surface area (TPSA) is 26.3 Å². The second kappa shape index (κ2) is 6.01. The maximum absolute atomic E-state index is 11.6. The summed E-state index contributed by atoms with van der Waals surface area (Å²) in [5.41, 5.74) is -1.35. The van der Waals surface area contributed by atoms with Crippen LogP contribution in [0.15, 0.2) is 0 Å². The summed E-state index contributed by atoms with van der Waals surface area (Å²) in [6.07, 6.45) is -4.38. The fourth-order valence-electron chi connectivity index (χ4n) is 0.364. The number of alkyl halides is 3. The van der Waals surface area contributed by atoms with Gasteiger partial charge in [-0.1, -0.05) is 13.8 Å². The molecule has 86 valence electrons. The highest BCUT2D eigenvalue weighted by Gasteiger charge is 2.33. The predicted molar refractivity (Wildman–Crippen MR) is 48.1 cm³/mol. The first-order chi connectivity index (χ1) is 6.15. The molecular weight excluding hydrogens is 197 g/mol. The van der Waals surface area contributed by atoms with E-state index in [9.17, 15) is 18.0 Å². The fourth-order valence-corrected chi connectivity index (χ4v) is 0.364. The Labute approximate surface area is 82.4 Å². The molecule has 0 heterocycles. The third kappa shape index (κ3) is 8.04. The molecule has 0 N–H and O–H groups in total. The van der Waals surface area contributed by atoms with E-state index in [1.165, 1.54) is 20.8 Å². The maximum atomic E-state index is 11.6. The van der Waals surface area contributed by atoms with Gasteiger partial charge in [-0.25, -0.2) is 0 Å². The number of rotatable bonds is 3. The van der Waals surface area contributed by atoms with Crippen LogP contribution in [0.2, 0.25) is 0 Å². The maximum Gasteiger partial charge on any atom is 0.411 e. The average molecular weight is 214 g/mol. The van der Waals surface area contributed by atoms with Crippen LogP contribution in [0.4, 0.5) is 13.2 Å². The zero-order valence-corrected chi connectivity index (χ0v) is 9.16.